The molecular formula is C48H30N2O. The highest BCUT2D eigenvalue weighted by molar-refractivity contribution is 6.29. The Morgan fingerprint density at radius 2 is 0.922 bits per heavy atom. The third-order valence-electron chi connectivity index (χ3n) is 10.5. The van der Waals surface area contributed by atoms with E-state index in [2.05, 4.69) is 179 Å². The molecule has 3 heterocycles. The molecule has 0 unspecified atom stereocenters. The van der Waals surface area contributed by atoms with Crippen LogP contribution in [0.25, 0.3) is 99.2 Å². The van der Waals surface area contributed by atoms with Gasteiger partial charge in [-0.25, -0.2) is 0 Å². The third kappa shape index (κ3) is 4.12. The van der Waals surface area contributed by atoms with Gasteiger partial charge in [-0.1, -0.05) is 127 Å². The summed E-state index contributed by atoms with van der Waals surface area (Å²) in [4.78, 5) is 0. The molecule has 11 aromatic rings. The van der Waals surface area contributed by atoms with Gasteiger partial charge in [0.25, 0.3) is 0 Å². The van der Waals surface area contributed by atoms with Gasteiger partial charge in [-0.15, -0.1) is 0 Å². The Morgan fingerprint density at radius 1 is 0.333 bits per heavy atom. The summed E-state index contributed by atoms with van der Waals surface area (Å²) in [5, 5.41) is 7.32. The first-order valence-electron chi connectivity index (χ1n) is 17.4. The smallest absolute Gasteiger partial charge is 0.143 e. The third-order valence-corrected chi connectivity index (χ3v) is 10.5. The maximum atomic E-state index is 6.41. The molecule has 0 bridgehead atoms. The summed E-state index contributed by atoms with van der Waals surface area (Å²) in [5.74, 6) is 0. The molecule has 11 rings (SSSR count). The fourth-order valence-corrected chi connectivity index (χ4v) is 8.27. The number of rotatable bonds is 4. The molecule has 8 aromatic carbocycles. The van der Waals surface area contributed by atoms with Crippen molar-refractivity contribution in [2.45, 2.75) is 0 Å². The van der Waals surface area contributed by atoms with Crippen LogP contribution >= 0.6 is 0 Å². The van der Waals surface area contributed by atoms with Gasteiger partial charge in [0, 0.05) is 49.3 Å². The van der Waals surface area contributed by atoms with Crippen molar-refractivity contribution in [2.75, 3.05) is 0 Å². The van der Waals surface area contributed by atoms with Crippen molar-refractivity contribution in [3.05, 3.63) is 182 Å². The lowest BCUT2D eigenvalue weighted by atomic mass is 10.0. The molecule has 51 heavy (non-hydrogen) atoms. The van der Waals surface area contributed by atoms with Crippen LogP contribution in [0.4, 0.5) is 0 Å². The molecule has 0 radical (unpaired) electrons. The molecule has 0 saturated heterocycles. The summed E-state index contributed by atoms with van der Waals surface area (Å²) in [6.45, 7) is 0. The lowest BCUT2D eigenvalue weighted by Crippen LogP contribution is -1.95. The van der Waals surface area contributed by atoms with E-state index >= 15 is 0 Å². The number of furan rings is 1. The largest absolute Gasteiger partial charge is 0.455 e. The number of para-hydroxylation sites is 4. The summed E-state index contributed by atoms with van der Waals surface area (Å²) >= 11 is 0. The van der Waals surface area contributed by atoms with Gasteiger partial charge in [0.05, 0.1) is 22.1 Å². The first-order chi connectivity index (χ1) is 25.3. The van der Waals surface area contributed by atoms with E-state index in [9.17, 15) is 0 Å². The number of hydrogen-bond acceptors (Lipinski definition) is 1. The molecule has 0 aliphatic carbocycles. The first kappa shape index (κ1) is 28.0. The molecule has 0 fully saturated rings. The van der Waals surface area contributed by atoms with Crippen molar-refractivity contribution in [3.63, 3.8) is 0 Å². The van der Waals surface area contributed by atoms with Crippen molar-refractivity contribution >= 4 is 65.6 Å². The highest BCUT2D eigenvalue weighted by Crippen LogP contribution is 2.43. The van der Waals surface area contributed by atoms with Gasteiger partial charge in [-0.05, 0) is 71.3 Å². The van der Waals surface area contributed by atoms with Crippen molar-refractivity contribution < 1.29 is 4.42 Å². The normalized spacial score (nSPS) is 11.9. The molecule has 0 aliphatic rings. The van der Waals surface area contributed by atoms with E-state index in [1.165, 1.54) is 54.7 Å². The van der Waals surface area contributed by atoms with Crippen molar-refractivity contribution in [1.29, 1.82) is 0 Å². The topological polar surface area (TPSA) is 23.0 Å². The lowest BCUT2D eigenvalue weighted by molar-refractivity contribution is 0.670. The molecule has 0 N–H and O–H groups in total. The van der Waals surface area contributed by atoms with Crippen molar-refractivity contribution in [1.82, 2.24) is 9.13 Å². The van der Waals surface area contributed by atoms with E-state index in [1.54, 1.807) is 0 Å². The zero-order chi connectivity index (χ0) is 33.5. The minimum Gasteiger partial charge on any atom is -0.455 e. The van der Waals surface area contributed by atoms with E-state index < -0.39 is 0 Å². The summed E-state index contributed by atoms with van der Waals surface area (Å²) in [7, 11) is 0. The summed E-state index contributed by atoms with van der Waals surface area (Å²) in [6, 6.07) is 65.4. The second-order valence-corrected chi connectivity index (χ2v) is 13.3. The predicted molar refractivity (Wildman–Crippen MR) is 213 cm³/mol. The number of benzene rings is 8. The standard InChI is InChI=1S/C48H30N2O/c1-3-12-31(13-4-1)33-24-27-40-44(30-33)50(35-25-22-32(23-26-35)36-18-11-19-38-37-16-8-10-21-45(37)51-48(36)38)43-29-28-42-46(47(40)43)39-17-7-9-20-41(39)49(42)34-14-5-2-6-15-34/h1-30H. The molecule has 0 atom stereocenters. The van der Waals surface area contributed by atoms with Gasteiger partial charge < -0.3 is 13.6 Å². The number of fused-ring (bicyclic) bond motifs is 10. The molecule has 0 aliphatic heterocycles. The lowest BCUT2D eigenvalue weighted by Gasteiger charge is -2.11. The monoisotopic (exact) mass is 650 g/mol. The van der Waals surface area contributed by atoms with Crippen LogP contribution in [0.3, 0.4) is 0 Å². The molecule has 0 spiro atoms. The second-order valence-electron chi connectivity index (χ2n) is 13.3. The van der Waals surface area contributed by atoms with E-state index in [4.69, 9.17) is 4.42 Å². The average molecular weight is 651 g/mol. The van der Waals surface area contributed by atoms with Crippen molar-refractivity contribution in [2.24, 2.45) is 0 Å². The minimum absolute atomic E-state index is 0.913. The Hall–Kier alpha value is -6.84. The Bertz CT molecular complexity index is 3110. The van der Waals surface area contributed by atoms with Crippen LogP contribution in [0, 0.1) is 0 Å². The zero-order valence-corrected chi connectivity index (χ0v) is 27.6. The van der Waals surface area contributed by atoms with Gasteiger partial charge in [0.15, 0.2) is 0 Å². The SMILES string of the molecule is c1ccc(-c2ccc3c4c5c6ccccc6n(-c6ccccc6)c5ccc4n(-c4ccc(-c5cccc6c5oc5ccccc56)cc4)c3c2)cc1. The molecular weight excluding hydrogens is 621 g/mol. The Morgan fingerprint density at radius 3 is 1.71 bits per heavy atom. The highest BCUT2D eigenvalue weighted by Gasteiger charge is 2.21. The quantitative estimate of drug-likeness (QED) is 0.186. The van der Waals surface area contributed by atoms with Crippen LogP contribution in [0.1, 0.15) is 0 Å². The average Bonchev–Trinajstić information content (AvgIpc) is 3.86. The maximum Gasteiger partial charge on any atom is 0.143 e. The number of hydrogen-bond donors (Lipinski definition) is 0. The Balaban J connectivity index is 1.18. The van der Waals surface area contributed by atoms with Gasteiger partial charge in [0.1, 0.15) is 11.2 Å². The molecule has 3 nitrogen and oxygen atoms in total. The van der Waals surface area contributed by atoms with E-state index in [1.807, 2.05) is 12.1 Å². The van der Waals surface area contributed by atoms with Crippen LogP contribution in [-0.4, -0.2) is 9.13 Å². The zero-order valence-electron chi connectivity index (χ0n) is 27.6. The van der Waals surface area contributed by atoms with Gasteiger partial charge >= 0.3 is 0 Å². The number of nitrogens with zero attached hydrogens (tertiary/aromatic N) is 2. The van der Waals surface area contributed by atoms with Crippen LogP contribution < -0.4 is 0 Å². The van der Waals surface area contributed by atoms with E-state index in [0.717, 1.165) is 44.4 Å². The first-order valence-corrected chi connectivity index (χ1v) is 17.4. The number of aromatic nitrogens is 2. The molecule has 0 amide bonds. The van der Waals surface area contributed by atoms with Gasteiger partial charge in [-0.3, -0.25) is 0 Å². The summed E-state index contributed by atoms with van der Waals surface area (Å²) in [6.07, 6.45) is 0. The molecule has 3 heteroatoms. The fourth-order valence-electron chi connectivity index (χ4n) is 8.27. The summed E-state index contributed by atoms with van der Waals surface area (Å²) < 4.78 is 11.3. The van der Waals surface area contributed by atoms with Crippen LogP contribution in [0.15, 0.2) is 186 Å². The maximum absolute atomic E-state index is 6.41. The van der Waals surface area contributed by atoms with Gasteiger partial charge in [0.2, 0.25) is 0 Å². The van der Waals surface area contributed by atoms with Crippen LogP contribution in [0.5, 0.6) is 0 Å². The molecule has 238 valence electrons. The van der Waals surface area contributed by atoms with Crippen LogP contribution in [0.2, 0.25) is 0 Å². The molecule has 3 aromatic heterocycles. The van der Waals surface area contributed by atoms with Crippen molar-refractivity contribution in [3.8, 4) is 33.6 Å². The van der Waals surface area contributed by atoms with E-state index in [0.29, 0.717) is 0 Å². The Kier molecular flexibility index (Phi) is 5.96. The second kappa shape index (κ2) is 10.8. The predicted octanol–water partition coefficient (Wildman–Crippen LogP) is 13.1. The van der Waals surface area contributed by atoms with Crippen LogP contribution in [-0.2, 0) is 0 Å². The Labute approximate surface area is 293 Å². The van der Waals surface area contributed by atoms with Gasteiger partial charge in [-0.2, -0.15) is 0 Å². The highest BCUT2D eigenvalue weighted by atomic mass is 16.3. The fraction of sp³-hybridized carbons (Fsp3) is 0. The minimum atomic E-state index is 0.913. The molecule has 0 saturated carbocycles. The van der Waals surface area contributed by atoms with E-state index in [-0.39, 0.29) is 0 Å². The summed E-state index contributed by atoms with van der Waals surface area (Å²) in [5.41, 5.74) is 13.5.